The smallest absolute Gasteiger partial charge is 0.349 e. The number of nitrogens with one attached hydrogen (secondary N) is 1. The number of halogens is 3. The molecule has 1 fully saturated rings. The average Bonchev–Trinajstić information content (AvgIpc) is 2.76. The van der Waals surface area contributed by atoms with Crippen LogP contribution in [0.1, 0.15) is 24.5 Å². The Morgan fingerprint density at radius 1 is 1.26 bits per heavy atom. The van der Waals surface area contributed by atoms with Crippen LogP contribution >= 0.6 is 0 Å². The second-order valence-corrected chi connectivity index (χ2v) is 7.74. The van der Waals surface area contributed by atoms with E-state index in [2.05, 4.69) is 5.32 Å². The molecule has 1 aliphatic rings. The Kier molecular flexibility index (Phi) is 4.84. The van der Waals surface area contributed by atoms with E-state index in [1.807, 2.05) is 0 Å². The van der Waals surface area contributed by atoms with Crippen LogP contribution in [0.15, 0.2) is 30.3 Å². The Labute approximate surface area is 132 Å². The third-order valence-corrected chi connectivity index (χ3v) is 5.36. The number of allylic oxidation sites excluding steroid dienone is 1. The van der Waals surface area contributed by atoms with Crippen molar-refractivity contribution in [1.82, 2.24) is 5.32 Å². The standard InChI is InChI=1S/C15H16F3NO3S/c1-10(11-2-4-12(5-3-11)15(16,17)18)8-14(20)19-13-6-7-23(21,22)9-13/h2-5,8,13H,6-7,9H2,1H3,(H,19,20)/b10-8+. The molecule has 0 radical (unpaired) electrons. The molecule has 1 atom stereocenters. The van der Waals surface area contributed by atoms with Crippen molar-refractivity contribution in [3.8, 4) is 0 Å². The molecule has 0 aromatic heterocycles. The molecule has 1 aromatic rings. The second-order valence-electron chi connectivity index (χ2n) is 5.51. The summed E-state index contributed by atoms with van der Waals surface area (Å²) in [6.45, 7) is 1.60. The van der Waals surface area contributed by atoms with E-state index >= 15 is 0 Å². The zero-order chi connectivity index (χ0) is 17.3. The van der Waals surface area contributed by atoms with E-state index in [1.165, 1.54) is 18.2 Å². The van der Waals surface area contributed by atoms with Crippen molar-refractivity contribution in [3.05, 3.63) is 41.5 Å². The van der Waals surface area contributed by atoms with E-state index < -0.39 is 33.5 Å². The molecule has 1 aromatic carbocycles. The van der Waals surface area contributed by atoms with E-state index in [4.69, 9.17) is 0 Å². The van der Waals surface area contributed by atoms with E-state index in [-0.39, 0.29) is 11.5 Å². The summed E-state index contributed by atoms with van der Waals surface area (Å²) >= 11 is 0. The fraction of sp³-hybridized carbons (Fsp3) is 0.400. The maximum Gasteiger partial charge on any atom is 0.416 e. The number of carbonyl (C=O) groups excluding carboxylic acids is 1. The van der Waals surface area contributed by atoms with Crippen LogP contribution in [-0.2, 0) is 20.8 Å². The third-order valence-electron chi connectivity index (χ3n) is 3.59. The second kappa shape index (κ2) is 6.35. The molecule has 0 spiro atoms. The maximum absolute atomic E-state index is 12.5. The van der Waals surface area contributed by atoms with Gasteiger partial charge in [-0.25, -0.2) is 8.42 Å². The quantitative estimate of drug-likeness (QED) is 0.854. The fourth-order valence-electron chi connectivity index (χ4n) is 2.35. The Morgan fingerprint density at radius 3 is 2.35 bits per heavy atom. The van der Waals surface area contributed by atoms with Gasteiger partial charge in [0.25, 0.3) is 0 Å². The third kappa shape index (κ3) is 4.82. The SMILES string of the molecule is C/C(=C\C(=O)NC1CCS(=O)(=O)C1)c1ccc(C(F)(F)F)cc1. The highest BCUT2D eigenvalue weighted by molar-refractivity contribution is 7.91. The lowest BCUT2D eigenvalue weighted by molar-refractivity contribution is -0.137. The first-order valence-corrected chi connectivity index (χ1v) is 8.76. The molecular weight excluding hydrogens is 331 g/mol. The monoisotopic (exact) mass is 347 g/mol. The number of hydrogen-bond acceptors (Lipinski definition) is 3. The minimum atomic E-state index is -4.40. The number of carbonyl (C=O) groups is 1. The number of amides is 1. The molecule has 2 rings (SSSR count). The molecule has 0 saturated carbocycles. The van der Waals surface area contributed by atoms with Gasteiger partial charge in [0.2, 0.25) is 5.91 Å². The van der Waals surface area contributed by atoms with Gasteiger partial charge in [-0.3, -0.25) is 4.79 Å². The molecule has 1 unspecified atom stereocenters. The minimum absolute atomic E-state index is 0.0551. The summed E-state index contributed by atoms with van der Waals surface area (Å²) in [5, 5.41) is 2.60. The molecule has 1 amide bonds. The number of sulfone groups is 1. The summed E-state index contributed by atoms with van der Waals surface area (Å²) < 4.78 is 60.1. The summed E-state index contributed by atoms with van der Waals surface area (Å²) in [7, 11) is -3.08. The largest absolute Gasteiger partial charge is 0.416 e. The molecule has 0 bridgehead atoms. The predicted molar refractivity (Wildman–Crippen MR) is 80.3 cm³/mol. The number of rotatable bonds is 3. The molecule has 1 heterocycles. The summed E-state index contributed by atoms with van der Waals surface area (Å²) in [5.41, 5.74) is 0.235. The lowest BCUT2D eigenvalue weighted by atomic mass is 10.0. The van der Waals surface area contributed by atoms with Gasteiger partial charge in [-0.2, -0.15) is 13.2 Å². The maximum atomic E-state index is 12.5. The first kappa shape index (κ1) is 17.5. The lowest BCUT2D eigenvalue weighted by Crippen LogP contribution is -2.34. The topological polar surface area (TPSA) is 63.2 Å². The van der Waals surface area contributed by atoms with Gasteiger partial charge in [0.15, 0.2) is 9.84 Å². The van der Waals surface area contributed by atoms with E-state index in [0.29, 0.717) is 17.6 Å². The van der Waals surface area contributed by atoms with Crippen LogP contribution in [-0.4, -0.2) is 31.9 Å². The molecule has 0 aliphatic carbocycles. The molecular formula is C15H16F3NO3S. The van der Waals surface area contributed by atoms with Gasteiger partial charge in [0.05, 0.1) is 17.1 Å². The van der Waals surface area contributed by atoms with Crippen molar-refractivity contribution in [2.75, 3.05) is 11.5 Å². The molecule has 1 N–H and O–H groups in total. The fourth-order valence-corrected chi connectivity index (χ4v) is 4.03. The summed E-state index contributed by atoms with van der Waals surface area (Å²) in [6.07, 6.45) is -2.77. The van der Waals surface area contributed by atoms with Crippen LogP contribution in [0.25, 0.3) is 5.57 Å². The van der Waals surface area contributed by atoms with Crippen molar-refractivity contribution in [3.63, 3.8) is 0 Å². The van der Waals surface area contributed by atoms with Crippen LogP contribution in [0, 0.1) is 0 Å². The van der Waals surface area contributed by atoms with Crippen molar-refractivity contribution >= 4 is 21.3 Å². The summed E-state index contributed by atoms with van der Waals surface area (Å²) in [4.78, 5) is 11.9. The molecule has 4 nitrogen and oxygen atoms in total. The Hall–Kier alpha value is -1.83. The van der Waals surface area contributed by atoms with Crippen molar-refractivity contribution in [2.45, 2.75) is 25.6 Å². The van der Waals surface area contributed by atoms with Crippen molar-refractivity contribution in [1.29, 1.82) is 0 Å². The predicted octanol–water partition coefficient (Wildman–Crippen LogP) is 2.41. The van der Waals surface area contributed by atoms with Gasteiger partial charge in [0, 0.05) is 12.1 Å². The normalized spacial score (nSPS) is 21.2. The minimum Gasteiger partial charge on any atom is -0.349 e. The van der Waals surface area contributed by atoms with Crippen LogP contribution < -0.4 is 5.32 Å². The number of hydrogen-bond donors (Lipinski definition) is 1. The van der Waals surface area contributed by atoms with Crippen LogP contribution in [0.2, 0.25) is 0 Å². The van der Waals surface area contributed by atoms with Gasteiger partial charge >= 0.3 is 6.18 Å². The van der Waals surface area contributed by atoms with Crippen LogP contribution in [0.4, 0.5) is 13.2 Å². The average molecular weight is 347 g/mol. The lowest BCUT2D eigenvalue weighted by Gasteiger charge is -2.10. The van der Waals surface area contributed by atoms with Crippen molar-refractivity contribution in [2.24, 2.45) is 0 Å². The highest BCUT2D eigenvalue weighted by Gasteiger charge is 2.30. The molecule has 1 saturated heterocycles. The first-order chi connectivity index (χ1) is 10.6. The van der Waals surface area contributed by atoms with Gasteiger partial charge in [0.1, 0.15) is 0 Å². The zero-order valence-corrected chi connectivity index (χ0v) is 13.2. The van der Waals surface area contributed by atoms with E-state index in [0.717, 1.165) is 12.1 Å². The van der Waals surface area contributed by atoms with Crippen LogP contribution in [0.5, 0.6) is 0 Å². The highest BCUT2D eigenvalue weighted by atomic mass is 32.2. The number of benzene rings is 1. The molecule has 1 aliphatic heterocycles. The highest BCUT2D eigenvalue weighted by Crippen LogP contribution is 2.30. The zero-order valence-electron chi connectivity index (χ0n) is 12.4. The Balaban J connectivity index is 2.03. The Morgan fingerprint density at radius 2 is 1.87 bits per heavy atom. The molecule has 126 valence electrons. The Bertz CT molecular complexity index is 721. The molecule has 23 heavy (non-hydrogen) atoms. The number of alkyl halides is 3. The van der Waals surface area contributed by atoms with Gasteiger partial charge < -0.3 is 5.32 Å². The first-order valence-electron chi connectivity index (χ1n) is 6.94. The van der Waals surface area contributed by atoms with Crippen LogP contribution in [0.3, 0.4) is 0 Å². The van der Waals surface area contributed by atoms with E-state index in [1.54, 1.807) is 6.92 Å². The van der Waals surface area contributed by atoms with Gasteiger partial charge in [-0.05, 0) is 36.6 Å². The van der Waals surface area contributed by atoms with Gasteiger partial charge in [-0.15, -0.1) is 0 Å². The van der Waals surface area contributed by atoms with Crippen molar-refractivity contribution < 1.29 is 26.4 Å². The molecule has 8 heteroatoms. The summed E-state index contributed by atoms with van der Waals surface area (Å²) in [6, 6.07) is 4.08. The summed E-state index contributed by atoms with van der Waals surface area (Å²) in [5.74, 6) is -0.477. The van der Waals surface area contributed by atoms with E-state index in [9.17, 15) is 26.4 Å². The van der Waals surface area contributed by atoms with Gasteiger partial charge in [-0.1, -0.05) is 12.1 Å².